The van der Waals surface area contributed by atoms with E-state index >= 15 is 0 Å². The number of hydrogen-bond acceptors (Lipinski definition) is 4. The molecule has 0 bridgehead atoms. The number of rotatable bonds is 3. The molecule has 1 N–H and O–H groups in total. The third-order valence-corrected chi connectivity index (χ3v) is 4.36. The van der Waals surface area contributed by atoms with E-state index < -0.39 is 11.1 Å². The van der Waals surface area contributed by atoms with Crippen molar-refractivity contribution in [2.75, 3.05) is 10.2 Å². The average Bonchev–Trinajstić information content (AvgIpc) is 2.68. The van der Waals surface area contributed by atoms with Crippen LogP contribution in [0.1, 0.15) is 22.1 Å². The minimum absolute atomic E-state index is 0.0105. The first kappa shape index (κ1) is 15.8. The van der Waals surface area contributed by atoms with Crippen molar-refractivity contribution in [2.45, 2.75) is 6.17 Å². The van der Waals surface area contributed by atoms with Gasteiger partial charge < -0.3 is 5.32 Å². The Balaban J connectivity index is 1.86. The number of carbonyl (C=O) groups is 1. The molecule has 0 aliphatic carbocycles. The molecule has 3 aromatic rings. The van der Waals surface area contributed by atoms with Crippen LogP contribution in [0.15, 0.2) is 78.9 Å². The van der Waals surface area contributed by atoms with Crippen LogP contribution in [0.5, 0.6) is 0 Å². The van der Waals surface area contributed by atoms with Crippen LogP contribution in [0.3, 0.4) is 0 Å². The van der Waals surface area contributed by atoms with E-state index in [-0.39, 0.29) is 11.6 Å². The molecular weight excluding hydrogens is 330 g/mol. The maximum atomic E-state index is 13.2. The van der Waals surface area contributed by atoms with Gasteiger partial charge in [-0.25, -0.2) is 0 Å². The highest BCUT2D eigenvalue weighted by Crippen LogP contribution is 2.37. The number of amides is 1. The number of fused-ring (bicyclic) bond motifs is 1. The van der Waals surface area contributed by atoms with Gasteiger partial charge in [0.25, 0.3) is 11.6 Å². The maximum Gasteiger partial charge on any atom is 0.269 e. The summed E-state index contributed by atoms with van der Waals surface area (Å²) in [5.41, 5.74) is 2.63. The lowest BCUT2D eigenvalue weighted by molar-refractivity contribution is -0.384. The van der Waals surface area contributed by atoms with Gasteiger partial charge >= 0.3 is 0 Å². The molecule has 1 heterocycles. The molecule has 6 heteroatoms. The van der Waals surface area contributed by atoms with Crippen molar-refractivity contribution >= 4 is 23.0 Å². The lowest BCUT2D eigenvalue weighted by atomic mass is 10.0. The minimum Gasteiger partial charge on any atom is -0.360 e. The Kier molecular flexibility index (Phi) is 3.85. The highest BCUT2D eigenvalue weighted by atomic mass is 16.6. The molecule has 26 heavy (non-hydrogen) atoms. The Labute approximate surface area is 149 Å². The molecule has 3 aromatic carbocycles. The monoisotopic (exact) mass is 345 g/mol. The van der Waals surface area contributed by atoms with E-state index in [0.717, 1.165) is 5.69 Å². The minimum atomic E-state index is -0.542. The molecule has 0 unspecified atom stereocenters. The van der Waals surface area contributed by atoms with Crippen LogP contribution in [0.4, 0.5) is 17.1 Å². The summed E-state index contributed by atoms with van der Waals surface area (Å²) in [4.78, 5) is 25.5. The number of nitro benzene ring substituents is 1. The number of nitro groups is 1. The van der Waals surface area contributed by atoms with E-state index in [4.69, 9.17) is 0 Å². The van der Waals surface area contributed by atoms with Gasteiger partial charge in [0.05, 0.1) is 10.5 Å². The summed E-state index contributed by atoms with van der Waals surface area (Å²) in [5.74, 6) is -0.151. The first-order valence-electron chi connectivity index (χ1n) is 8.14. The lowest BCUT2D eigenvalue weighted by Crippen LogP contribution is -2.43. The van der Waals surface area contributed by atoms with Crippen LogP contribution in [0, 0.1) is 10.1 Å². The van der Waals surface area contributed by atoms with Gasteiger partial charge in [0.1, 0.15) is 6.17 Å². The predicted molar refractivity (Wildman–Crippen MR) is 99.2 cm³/mol. The fourth-order valence-corrected chi connectivity index (χ4v) is 3.15. The molecule has 1 aliphatic rings. The molecule has 4 rings (SSSR count). The molecule has 1 amide bonds. The molecule has 0 aromatic heterocycles. The second kappa shape index (κ2) is 6.33. The van der Waals surface area contributed by atoms with Gasteiger partial charge in [0.2, 0.25) is 0 Å². The van der Waals surface area contributed by atoms with Gasteiger partial charge in [-0.3, -0.25) is 19.8 Å². The van der Waals surface area contributed by atoms with E-state index in [1.807, 2.05) is 48.5 Å². The molecule has 0 spiro atoms. The molecule has 128 valence electrons. The number of nitrogens with one attached hydrogen (secondary N) is 1. The zero-order chi connectivity index (χ0) is 18.1. The molecule has 1 aliphatic heterocycles. The predicted octanol–water partition coefficient (Wildman–Crippen LogP) is 4.37. The Bertz CT molecular complexity index is 988. The number of para-hydroxylation sites is 2. The summed E-state index contributed by atoms with van der Waals surface area (Å²) in [5, 5.41) is 14.5. The lowest BCUT2D eigenvalue weighted by Gasteiger charge is -2.38. The normalized spacial score (nSPS) is 15.9. The van der Waals surface area contributed by atoms with Crippen LogP contribution in [0.2, 0.25) is 0 Å². The maximum absolute atomic E-state index is 13.2. The molecule has 0 radical (unpaired) electrons. The van der Waals surface area contributed by atoms with Crippen molar-refractivity contribution in [3.05, 3.63) is 100 Å². The Morgan fingerprint density at radius 3 is 2.42 bits per heavy atom. The number of hydrogen-bond donors (Lipinski definition) is 1. The van der Waals surface area contributed by atoms with Gasteiger partial charge in [-0.15, -0.1) is 0 Å². The molecule has 0 saturated carbocycles. The van der Waals surface area contributed by atoms with Crippen LogP contribution >= 0.6 is 0 Å². The van der Waals surface area contributed by atoms with Crippen LogP contribution in [-0.2, 0) is 0 Å². The van der Waals surface area contributed by atoms with Crippen LogP contribution in [0.25, 0.3) is 0 Å². The third-order valence-electron chi connectivity index (χ3n) is 4.36. The first-order valence-corrected chi connectivity index (χ1v) is 8.14. The summed E-state index contributed by atoms with van der Waals surface area (Å²) in [7, 11) is 0. The standard InChI is InChI=1S/C20H15N3O3/c24-20-17-11-4-5-12-18(17)21-19(22(20)15-8-2-1-3-9-15)14-7-6-10-16(13-14)23(25)26/h1-13,19,21H/t19-/m0/s1. The highest BCUT2D eigenvalue weighted by molar-refractivity contribution is 6.12. The summed E-state index contributed by atoms with van der Waals surface area (Å²) in [6, 6.07) is 22.9. The number of non-ortho nitro benzene ring substituents is 1. The summed E-state index contributed by atoms with van der Waals surface area (Å²) in [6.07, 6.45) is -0.542. The van der Waals surface area contributed by atoms with Crippen LogP contribution < -0.4 is 10.2 Å². The second-order valence-electron chi connectivity index (χ2n) is 5.96. The van der Waals surface area contributed by atoms with Crippen molar-refractivity contribution in [3.8, 4) is 0 Å². The van der Waals surface area contributed by atoms with Crippen molar-refractivity contribution in [3.63, 3.8) is 0 Å². The van der Waals surface area contributed by atoms with Crippen LogP contribution in [-0.4, -0.2) is 10.8 Å². The largest absolute Gasteiger partial charge is 0.360 e. The van der Waals surface area contributed by atoms with E-state index in [9.17, 15) is 14.9 Å². The smallest absolute Gasteiger partial charge is 0.269 e. The van der Waals surface area contributed by atoms with E-state index in [2.05, 4.69) is 5.32 Å². The van der Waals surface area contributed by atoms with Gasteiger partial charge in [-0.05, 0) is 24.3 Å². The summed E-state index contributed by atoms with van der Waals surface area (Å²) >= 11 is 0. The average molecular weight is 345 g/mol. The zero-order valence-electron chi connectivity index (χ0n) is 13.7. The summed E-state index contributed by atoms with van der Waals surface area (Å²) in [6.45, 7) is 0. The molecular formula is C20H15N3O3. The van der Waals surface area contributed by atoms with Crippen molar-refractivity contribution < 1.29 is 9.72 Å². The van der Waals surface area contributed by atoms with Gasteiger partial charge in [-0.1, -0.05) is 42.5 Å². The Hall–Kier alpha value is -3.67. The third kappa shape index (κ3) is 2.67. The topological polar surface area (TPSA) is 75.5 Å². The SMILES string of the molecule is O=C1c2ccccc2N[C@H](c2cccc([N+](=O)[O-])c2)N1c1ccccc1. The molecule has 0 fully saturated rings. The zero-order valence-corrected chi connectivity index (χ0v) is 13.7. The van der Waals surface area contributed by atoms with Crippen molar-refractivity contribution in [1.29, 1.82) is 0 Å². The molecule has 0 saturated heterocycles. The highest BCUT2D eigenvalue weighted by Gasteiger charge is 2.34. The number of carbonyl (C=O) groups excluding carboxylic acids is 1. The van der Waals surface area contributed by atoms with Gasteiger partial charge in [0.15, 0.2) is 0 Å². The van der Waals surface area contributed by atoms with E-state index in [0.29, 0.717) is 16.8 Å². The second-order valence-corrected chi connectivity index (χ2v) is 5.96. The Morgan fingerprint density at radius 2 is 1.65 bits per heavy atom. The number of anilines is 2. The van der Waals surface area contributed by atoms with Gasteiger partial charge in [-0.2, -0.15) is 0 Å². The number of nitrogens with zero attached hydrogens (tertiary/aromatic N) is 2. The Morgan fingerprint density at radius 1 is 0.923 bits per heavy atom. The van der Waals surface area contributed by atoms with Crippen molar-refractivity contribution in [2.24, 2.45) is 0 Å². The fourth-order valence-electron chi connectivity index (χ4n) is 3.15. The molecule has 1 atom stereocenters. The quantitative estimate of drug-likeness (QED) is 0.565. The fraction of sp³-hybridized carbons (Fsp3) is 0.0500. The number of benzene rings is 3. The summed E-state index contributed by atoms with van der Waals surface area (Å²) < 4.78 is 0. The first-order chi connectivity index (χ1) is 12.6. The molecule has 6 nitrogen and oxygen atoms in total. The van der Waals surface area contributed by atoms with Crippen molar-refractivity contribution in [1.82, 2.24) is 0 Å². The van der Waals surface area contributed by atoms with E-state index in [1.54, 1.807) is 23.1 Å². The van der Waals surface area contributed by atoms with E-state index in [1.165, 1.54) is 12.1 Å². The van der Waals surface area contributed by atoms with Gasteiger partial charge in [0, 0.05) is 29.1 Å².